The minimum Gasteiger partial charge on any atom is -0.358 e. The van der Waals surface area contributed by atoms with Crippen LogP contribution in [0.4, 0.5) is 0 Å². The van der Waals surface area contributed by atoms with E-state index in [1.807, 2.05) is 0 Å². The second-order valence-electron chi connectivity index (χ2n) is 3.11. The summed E-state index contributed by atoms with van der Waals surface area (Å²) in [5, 5.41) is 0.908. The quantitative estimate of drug-likeness (QED) is 0.480. The minimum absolute atomic E-state index is 0.287. The highest BCUT2D eigenvalue weighted by Gasteiger charge is 2.16. The fourth-order valence-electron chi connectivity index (χ4n) is 1.40. The van der Waals surface area contributed by atoms with Gasteiger partial charge in [-0.3, -0.25) is 9.59 Å². The third kappa shape index (κ3) is 1.53. The van der Waals surface area contributed by atoms with Crippen molar-refractivity contribution in [1.82, 2.24) is 9.97 Å². The van der Waals surface area contributed by atoms with Gasteiger partial charge in [-0.15, -0.1) is 0 Å². The number of Topliss-reactive ketones (excluding diaryl/α,β-unsaturated/α-hetero) is 2. The smallest absolute Gasteiger partial charge is 0.230 e. The van der Waals surface area contributed by atoms with E-state index >= 15 is 0 Å². The number of hydrogen-bond donors (Lipinski definition) is 1. The Hall–Kier alpha value is -1.68. The monoisotopic (exact) mass is 222 g/mol. The lowest BCUT2D eigenvalue weighted by atomic mass is 10.1. The Morgan fingerprint density at radius 2 is 2.20 bits per heavy atom. The zero-order valence-corrected chi connectivity index (χ0v) is 8.63. The lowest BCUT2D eigenvalue weighted by Gasteiger charge is -1.94. The highest BCUT2D eigenvalue weighted by atomic mass is 35.5. The van der Waals surface area contributed by atoms with Gasteiger partial charge in [0.1, 0.15) is 0 Å². The molecule has 15 heavy (non-hydrogen) atoms. The summed E-state index contributed by atoms with van der Waals surface area (Å²) in [5.41, 5.74) is 0.908. The Balaban J connectivity index is 2.69. The molecule has 0 saturated heterocycles. The number of aromatic amines is 1. The van der Waals surface area contributed by atoms with Gasteiger partial charge in [0.25, 0.3) is 0 Å². The van der Waals surface area contributed by atoms with Crippen LogP contribution in [0.5, 0.6) is 0 Å². The topological polar surface area (TPSA) is 62.8 Å². The van der Waals surface area contributed by atoms with Gasteiger partial charge in [0.05, 0.1) is 11.1 Å². The molecule has 0 aliphatic heterocycles. The Morgan fingerprint density at radius 1 is 1.47 bits per heavy atom. The fourth-order valence-corrected chi connectivity index (χ4v) is 1.61. The zero-order chi connectivity index (χ0) is 11.0. The number of H-pyrrole nitrogens is 1. The van der Waals surface area contributed by atoms with Crippen molar-refractivity contribution in [2.75, 3.05) is 0 Å². The van der Waals surface area contributed by atoms with Crippen LogP contribution in [0.3, 0.4) is 0 Å². The van der Waals surface area contributed by atoms with Gasteiger partial charge in [-0.2, -0.15) is 0 Å². The summed E-state index contributed by atoms with van der Waals surface area (Å²) in [6.07, 6.45) is 2.97. The molecule has 0 aliphatic rings. The normalized spacial score (nSPS) is 10.5. The summed E-state index contributed by atoms with van der Waals surface area (Å²) in [6, 6.07) is 1.65. The van der Waals surface area contributed by atoms with E-state index in [2.05, 4.69) is 9.97 Å². The zero-order valence-electron chi connectivity index (χ0n) is 7.87. The molecule has 2 aromatic heterocycles. The maximum Gasteiger partial charge on any atom is 0.230 e. The lowest BCUT2D eigenvalue weighted by Crippen LogP contribution is -2.08. The standard InChI is InChI=1S/C10H7ClN2O2/c1-5(14)9(15)7-4-13-8-6(7)2-3-12-10(8)11/h2-4,13H,1H3. The first-order valence-electron chi connectivity index (χ1n) is 4.28. The van der Waals surface area contributed by atoms with Crippen molar-refractivity contribution in [3.8, 4) is 0 Å². The van der Waals surface area contributed by atoms with Crippen molar-refractivity contribution >= 4 is 34.1 Å². The van der Waals surface area contributed by atoms with Crippen LogP contribution in [0.1, 0.15) is 17.3 Å². The Kier molecular flexibility index (Phi) is 2.28. The number of carbonyl (C=O) groups excluding carboxylic acids is 2. The molecule has 5 heteroatoms. The molecule has 2 aromatic rings. The summed E-state index contributed by atoms with van der Waals surface area (Å²) in [5.74, 6) is -1.02. The molecule has 0 fully saturated rings. The van der Waals surface area contributed by atoms with Gasteiger partial charge in [-0.25, -0.2) is 4.98 Å². The summed E-state index contributed by atoms with van der Waals surface area (Å²) < 4.78 is 0. The maximum absolute atomic E-state index is 11.5. The van der Waals surface area contributed by atoms with Crippen molar-refractivity contribution in [3.05, 3.63) is 29.2 Å². The molecule has 0 aliphatic carbocycles. The van der Waals surface area contributed by atoms with Crippen LogP contribution < -0.4 is 0 Å². The summed E-state index contributed by atoms with van der Waals surface area (Å²) >= 11 is 5.82. The molecule has 0 aromatic carbocycles. The van der Waals surface area contributed by atoms with E-state index in [0.717, 1.165) is 0 Å². The largest absolute Gasteiger partial charge is 0.358 e. The SMILES string of the molecule is CC(=O)C(=O)c1c[nH]c2c(Cl)nccc12. The van der Waals surface area contributed by atoms with E-state index in [-0.39, 0.29) is 5.15 Å². The van der Waals surface area contributed by atoms with Crippen molar-refractivity contribution in [2.45, 2.75) is 6.92 Å². The number of rotatable bonds is 2. The molecule has 0 amide bonds. The second kappa shape index (κ2) is 3.47. The Bertz CT molecular complexity index is 560. The fraction of sp³-hybridized carbons (Fsp3) is 0.100. The van der Waals surface area contributed by atoms with Crippen LogP contribution in [0.15, 0.2) is 18.5 Å². The number of aromatic nitrogens is 2. The molecule has 0 radical (unpaired) electrons. The Labute approximate surface area is 90.3 Å². The van der Waals surface area contributed by atoms with E-state index in [0.29, 0.717) is 16.5 Å². The van der Waals surface area contributed by atoms with Crippen molar-refractivity contribution in [3.63, 3.8) is 0 Å². The third-order valence-electron chi connectivity index (χ3n) is 2.12. The van der Waals surface area contributed by atoms with Crippen LogP contribution in [-0.2, 0) is 4.79 Å². The first kappa shape index (κ1) is 9.86. The highest BCUT2D eigenvalue weighted by Crippen LogP contribution is 2.23. The molecular weight excluding hydrogens is 216 g/mol. The van der Waals surface area contributed by atoms with Gasteiger partial charge < -0.3 is 4.98 Å². The Morgan fingerprint density at radius 3 is 2.87 bits per heavy atom. The number of fused-ring (bicyclic) bond motifs is 1. The molecule has 0 unspecified atom stereocenters. The number of carbonyl (C=O) groups is 2. The van der Waals surface area contributed by atoms with E-state index in [4.69, 9.17) is 11.6 Å². The first-order chi connectivity index (χ1) is 7.11. The predicted molar refractivity (Wildman–Crippen MR) is 56.1 cm³/mol. The number of ketones is 2. The molecule has 2 heterocycles. The van der Waals surface area contributed by atoms with Crippen molar-refractivity contribution in [2.24, 2.45) is 0 Å². The van der Waals surface area contributed by atoms with E-state index in [9.17, 15) is 9.59 Å². The van der Waals surface area contributed by atoms with Crippen LogP contribution in [0.2, 0.25) is 5.15 Å². The van der Waals surface area contributed by atoms with Gasteiger partial charge in [0, 0.05) is 24.7 Å². The van der Waals surface area contributed by atoms with Gasteiger partial charge in [0.15, 0.2) is 10.9 Å². The summed E-state index contributed by atoms with van der Waals surface area (Å²) in [7, 11) is 0. The number of nitrogens with zero attached hydrogens (tertiary/aromatic N) is 1. The van der Waals surface area contributed by atoms with E-state index in [1.165, 1.54) is 19.3 Å². The average molecular weight is 223 g/mol. The summed E-state index contributed by atoms with van der Waals surface area (Å²) in [6.45, 7) is 1.24. The number of nitrogens with one attached hydrogen (secondary N) is 1. The molecule has 1 N–H and O–H groups in total. The average Bonchev–Trinajstić information content (AvgIpc) is 2.61. The predicted octanol–water partition coefficient (Wildman–Crippen LogP) is 1.99. The maximum atomic E-state index is 11.5. The van der Waals surface area contributed by atoms with Crippen LogP contribution in [-0.4, -0.2) is 21.5 Å². The highest BCUT2D eigenvalue weighted by molar-refractivity contribution is 6.45. The van der Waals surface area contributed by atoms with Gasteiger partial charge in [0.2, 0.25) is 5.78 Å². The number of pyridine rings is 1. The third-order valence-corrected chi connectivity index (χ3v) is 2.41. The van der Waals surface area contributed by atoms with Gasteiger partial charge in [-0.1, -0.05) is 11.6 Å². The van der Waals surface area contributed by atoms with E-state index in [1.54, 1.807) is 6.07 Å². The van der Waals surface area contributed by atoms with Crippen LogP contribution in [0, 0.1) is 0 Å². The van der Waals surface area contributed by atoms with Gasteiger partial charge in [-0.05, 0) is 6.07 Å². The van der Waals surface area contributed by atoms with Gasteiger partial charge >= 0.3 is 0 Å². The molecule has 0 atom stereocenters. The van der Waals surface area contributed by atoms with Crippen molar-refractivity contribution in [1.29, 1.82) is 0 Å². The number of hydrogen-bond acceptors (Lipinski definition) is 3. The molecule has 0 bridgehead atoms. The minimum atomic E-state index is -0.525. The van der Waals surface area contributed by atoms with Crippen LogP contribution in [0.25, 0.3) is 10.9 Å². The van der Waals surface area contributed by atoms with E-state index < -0.39 is 11.6 Å². The molecule has 4 nitrogen and oxygen atoms in total. The molecule has 0 spiro atoms. The number of halogens is 1. The second-order valence-corrected chi connectivity index (χ2v) is 3.47. The first-order valence-corrected chi connectivity index (χ1v) is 4.66. The van der Waals surface area contributed by atoms with Crippen molar-refractivity contribution < 1.29 is 9.59 Å². The molecular formula is C10H7ClN2O2. The lowest BCUT2D eigenvalue weighted by molar-refractivity contribution is -0.113. The summed E-state index contributed by atoms with van der Waals surface area (Å²) in [4.78, 5) is 29.1. The van der Waals surface area contributed by atoms with Crippen LogP contribution >= 0.6 is 11.6 Å². The molecule has 0 saturated carbocycles. The molecule has 76 valence electrons. The molecule has 2 rings (SSSR count).